The largest absolute Gasteiger partial charge is 0.339 e. The average molecular weight is 219 g/mol. The number of halogens is 1. The zero-order valence-electron chi connectivity index (χ0n) is 8.45. The smallest absolute Gasteiger partial charge is 0.246 e. The van der Waals surface area contributed by atoms with E-state index in [1.807, 2.05) is 4.90 Å². The van der Waals surface area contributed by atoms with Gasteiger partial charge in [-0.3, -0.25) is 4.79 Å². The molecule has 0 aromatic rings. The van der Waals surface area contributed by atoms with Crippen molar-refractivity contribution in [2.75, 3.05) is 19.6 Å². The van der Waals surface area contributed by atoms with Crippen LogP contribution < -0.4 is 5.73 Å². The molecule has 82 valence electrons. The summed E-state index contributed by atoms with van der Waals surface area (Å²) in [5.41, 5.74) is 5.28. The molecule has 0 bridgehead atoms. The van der Waals surface area contributed by atoms with Crippen molar-refractivity contribution in [3.8, 4) is 0 Å². The molecular formula is C10H19ClN2O. The number of likely N-dealkylation sites (tertiary alicyclic amines) is 1. The topological polar surface area (TPSA) is 46.3 Å². The van der Waals surface area contributed by atoms with Gasteiger partial charge in [-0.25, -0.2) is 0 Å². The van der Waals surface area contributed by atoms with Gasteiger partial charge < -0.3 is 10.6 Å². The van der Waals surface area contributed by atoms with E-state index in [0.29, 0.717) is 6.54 Å². The molecule has 0 aromatic heterocycles. The second kappa shape index (κ2) is 7.83. The van der Waals surface area contributed by atoms with E-state index in [-0.39, 0.29) is 18.3 Å². The normalized spacial score (nSPS) is 17.6. The van der Waals surface area contributed by atoms with Crippen LogP contribution in [0.4, 0.5) is 0 Å². The van der Waals surface area contributed by atoms with Gasteiger partial charge in [-0.2, -0.15) is 0 Å². The monoisotopic (exact) mass is 218 g/mol. The number of carbonyl (C=O) groups excluding carboxylic acids is 1. The minimum absolute atomic E-state index is 0. The van der Waals surface area contributed by atoms with Crippen molar-refractivity contribution in [3.63, 3.8) is 0 Å². The molecule has 1 aliphatic rings. The van der Waals surface area contributed by atoms with Crippen LogP contribution in [0.25, 0.3) is 0 Å². The highest BCUT2D eigenvalue weighted by molar-refractivity contribution is 5.87. The van der Waals surface area contributed by atoms with E-state index >= 15 is 0 Å². The van der Waals surface area contributed by atoms with E-state index in [1.54, 1.807) is 12.2 Å². The highest BCUT2D eigenvalue weighted by atomic mass is 35.5. The maximum atomic E-state index is 11.5. The van der Waals surface area contributed by atoms with Gasteiger partial charge in [0.15, 0.2) is 0 Å². The fourth-order valence-electron chi connectivity index (χ4n) is 1.57. The van der Waals surface area contributed by atoms with E-state index in [4.69, 9.17) is 5.73 Å². The summed E-state index contributed by atoms with van der Waals surface area (Å²) in [5, 5.41) is 0. The van der Waals surface area contributed by atoms with E-state index in [2.05, 4.69) is 0 Å². The predicted molar refractivity (Wildman–Crippen MR) is 60.5 cm³/mol. The van der Waals surface area contributed by atoms with Gasteiger partial charge in [-0.05, 0) is 12.8 Å². The fraction of sp³-hybridized carbons (Fsp3) is 0.700. The molecule has 0 atom stereocenters. The molecule has 0 aliphatic carbocycles. The first-order chi connectivity index (χ1) is 6.34. The third-order valence-corrected chi connectivity index (χ3v) is 2.31. The summed E-state index contributed by atoms with van der Waals surface area (Å²) < 4.78 is 0. The first-order valence-electron chi connectivity index (χ1n) is 5.00. The highest BCUT2D eigenvalue weighted by Crippen LogP contribution is 2.09. The van der Waals surface area contributed by atoms with Crippen molar-refractivity contribution in [2.45, 2.75) is 25.7 Å². The standard InChI is InChI=1S/C10H18N2O.ClH/c11-7-5-6-10(13)12-8-3-1-2-4-9-12;/h5-6H,1-4,7-9,11H2;1H/b6-5+;. The van der Waals surface area contributed by atoms with Crippen LogP contribution in [-0.4, -0.2) is 30.4 Å². The molecule has 2 N–H and O–H groups in total. The van der Waals surface area contributed by atoms with Crippen LogP contribution in [0.2, 0.25) is 0 Å². The number of hydrogen-bond donors (Lipinski definition) is 1. The molecule has 0 unspecified atom stereocenters. The summed E-state index contributed by atoms with van der Waals surface area (Å²) in [6, 6.07) is 0. The SMILES string of the molecule is Cl.NC/C=C/C(=O)N1CCCCCC1. The third kappa shape index (κ3) is 4.63. The van der Waals surface area contributed by atoms with E-state index in [9.17, 15) is 4.79 Å². The second-order valence-corrected chi connectivity index (χ2v) is 3.38. The maximum Gasteiger partial charge on any atom is 0.246 e. The van der Waals surface area contributed by atoms with Crippen molar-refractivity contribution < 1.29 is 4.79 Å². The molecule has 1 amide bonds. The number of hydrogen-bond acceptors (Lipinski definition) is 2. The molecular weight excluding hydrogens is 200 g/mol. The van der Waals surface area contributed by atoms with Gasteiger partial charge in [0.2, 0.25) is 5.91 Å². The number of amides is 1. The lowest BCUT2D eigenvalue weighted by Crippen LogP contribution is -2.30. The Balaban J connectivity index is 0.00000169. The molecule has 1 heterocycles. The lowest BCUT2D eigenvalue weighted by molar-refractivity contribution is -0.125. The predicted octanol–water partition coefficient (Wildman–Crippen LogP) is 1.33. The molecule has 1 fully saturated rings. The summed E-state index contributed by atoms with van der Waals surface area (Å²) in [6.07, 6.45) is 8.09. The average Bonchev–Trinajstić information content (AvgIpc) is 2.42. The van der Waals surface area contributed by atoms with Crippen molar-refractivity contribution >= 4 is 18.3 Å². The Morgan fingerprint density at radius 1 is 1.21 bits per heavy atom. The Morgan fingerprint density at radius 2 is 1.79 bits per heavy atom. The summed E-state index contributed by atoms with van der Waals surface area (Å²) in [4.78, 5) is 13.4. The quantitative estimate of drug-likeness (QED) is 0.711. The number of rotatable bonds is 2. The van der Waals surface area contributed by atoms with Crippen molar-refractivity contribution in [1.29, 1.82) is 0 Å². The van der Waals surface area contributed by atoms with Crippen molar-refractivity contribution in [3.05, 3.63) is 12.2 Å². The molecule has 4 heteroatoms. The van der Waals surface area contributed by atoms with Crippen LogP contribution in [0.3, 0.4) is 0 Å². The zero-order valence-corrected chi connectivity index (χ0v) is 9.26. The van der Waals surface area contributed by atoms with E-state index < -0.39 is 0 Å². The first kappa shape index (κ1) is 13.5. The van der Waals surface area contributed by atoms with E-state index in [0.717, 1.165) is 25.9 Å². The lowest BCUT2D eigenvalue weighted by atomic mass is 10.2. The van der Waals surface area contributed by atoms with Gasteiger partial charge >= 0.3 is 0 Å². The van der Waals surface area contributed by atoms with E-state index in [1.165, 1.54) is 12.8 Å². The second-order valence-electron chi connectivity index (χ2n) is 3.38. The van der Waals surface area contributed by atoms with Crippen LogP contribution in [0.15, 0.2) is 12.2 Å². The number of carbonyl (C=O) groups is 1. The minimum atomic E-state index is 0. The van der Waals surface area contributed by atoms with Crippen LogP contribution in [0, 0.1) is 0 Å². The van der Waals surface area contributed by atoms with Gasteiger partial charge in [0.05, 0.1) is 0 Å². The number of nitrogens with zero attached hydrogens (tertiary/aromatic N) is 1. The molecule has 1 saturated heterocycles. The van der Waals surface area contributed by atoms with Crippen LogP contribution in [0.5, 0.6) is 0 Å². The molecule has 0 aromatic carbocycles. The molecule has 0 radical (unpaired) electrons. The minimum Gasteiger partial charge on any atom is -0.339 e. The Kier molecular flexibility index (Phi) is 7.52. The molecule has 0 saturated carbocycles. The Bertz CT molecular complexity index is 187. The highest BCUT2D eigenvalue weighted by Gasteiger charge is 2.11. The van der Waals surface area contributed by atoms with Crippen molar-refractivity contribution in [1.82, 2.24) is 4.90 Å². The maximum absolute atomic E-state index is 11.5. The summed E-state index contributed by atoms with van der Waals surface area (Å²) in [7, 11) is 0. The Labute approximate surface area is 91.7 Å². The fourth-order valence-corrected chi connectivity index (χ4v) is 1.57. The summed E-state index contributed by atoms with van der Waals surface area (Å²) >= 11 is 0. The van der Waals surface area contributed by atoms with Gasteiger partial charge in [0.25, 0.3) is 0 Å². The van der Waals surface area contributed by atoms with Crippen LogP contribution in [-0.2, 0) is 4.79 Å². The van der Waals surface area contributed by atoms with Crippen LogP contribution >= 0.6 is 12.4 Å². The van der Waals surface area contributed by atoms with Crippen LogP contribution in [0.1, 0.15) is 25.7 Å². The summed E-state index contributed by atoms with van der Waals surface area (Å²) in [5.74, 6) is 0.118. The van der Waals surface area contributed by atoms with Gasteiger partial charge in [-0.15, -0.1) is 12.4 Å². The Hall–Kier alpha value is -0.540. The van der Waals surface area contributed by atoms with Gasteiger partial charge in [0.1, 0.15) is 0 Å². The van der Waals surface area contributed by atoms with Gasteiger partial charge in [-0.1, -0.05) is 18.9 Å². The molecule has 3 nitrogen and oxygen atoms in total. The first-order valence-corrected chi connectivity index (χ1v) is 5.00. The van der Waals surface area contributed by atoms with Gasteiger partial charge in [0, 0.05) is 25.7 Å². The number of nitrogens with two attached hydrogens (primary N) is 1. The molecule has 14 heavy (non-hydrogen) atoms. The Morgan fingerprint density at radius 3 is 2.29 bits per heavy atom. The third-order valence-electron chi connectivity index (χ3n) is 2.31. The summed E-state index contributed by atoms with van der Waals surface area (Å²) in [6.45, 7) is 2.26. The lowest BCUT2D eigenvalue weighted by Gasteiger charge is -2.17. The molecule has 1 aliphatic heterocycles. The van der Waals surface area contributed by atoms with Crippen molar-refractivity contribution in [2.24, 2.45) is 5.73 Å². The zero-order chi connectivity index (χ0) is 9.52. The molecule has 1 rings (SSSR count). The molecule has 0 spiro atoms.